The number of fused-ring (bicyclic) bond motifs is 1. The number of allylic oxidation sites excluding steroid dienone is 1. The van der Waals surface area contributed by atoms with Gasteiger partial charge in [-0.2, -0.15) is 0 Å². The fraction of sp³-hybridized carbons (Fsp3) is 0.130. The molecular formula is C23H19F3O2. The van der Waals surface area contributed by atoms with Gasteiger partial charge in [0.2, 0.25) is 0 Å². The molecule has 0 saturated carbocycles. The van der Waals surface area contributed by atoms with Crippen molar-refractivity contribution in [1.82, 2.24) is 0 Å². The largest absolute Gasteiger partial charge is 0.494 e. The smallest absolute Gasteiger partial charge is 0.172 e. The summed E-state index contributed by atoms with van der Waals surface area (Å²) in [4.78, 5) is 0. The van der Waals surface area contributed by atoms with Crippen LogP contribution in [0.4, 0.5) is 13.2 Å². The maximum Gasteiger partial charge on any atom is 0.172 e. The predicted molar refractivity (Wildman–Crippen MR) is 106 cm³/mol. The summed E-state index contributed by atoms with van der Waals surface area (Å²) in [6.07, 6.45) is 3.70. The van der Waals surface area contributed by atoms with Crippen LogP contribution in [0.1, 0.15) is 18.1 Å². The lowest BCUT2D eigenvalue weighted by Gasteiger charge is -2.08. The number of benzene rings is 3. The normalized spacial score (nSPS) is 12.3. The topological polar surface area (TPSA) is 18.5 Å². The van der Waals surface area contributed by atoms with Crippen LogP contribution in [0.25, 0.3) is 22.4 Å². The molecule has 0 fully saturated rings. The van der Waals surface area contributed by atoms with Crippen LogP contribution in [0.5, 0.6) is 11.5 Å². The molecule has 0 unspecified atom stereocenters. The highest BCUT2D eigenvalue weighted by atomic mass is 19.2. The maximum atomic E-state index is 14.7. The van der Waals surface area contributed by atoms with E-state index in [1.165, 1.54) is 43.5 Å². The first-order valence-electron chi connectivity index (χ1n) is 8.71. The number of methoxy groups -OCH3 is 1. The van der Waals surface area contributed by atoms with Crippen molar-refractivity contribution in [2.45, 2.75) is 6.92 Å². The first-order chi connectivity index (χ1) is 13.5. The van der Waals surface area contributed by atoms with Crippen molar-refractivity contribution in [3.63, 3.8) is 0 Å². The SMILES string of the molecule is CC=CCOc1ccc(C(F)=C(F)c2ccc3c(F)c(OC)ccc3c2)cc1. The van der Waals surface area contributed by atoms with Crippen LogP contribution in [0.15, 0.2) is 66.7 Å². The number of halogens is 3. The lowest BCUT2D eigenvalue weighted by molar-refractivity contribution is 0.362. The average Bonchev–Trinajstić information content (AvgIpc) is 2.73. The van der Waals surface area contributed by atoms with E-state index in [1.807, 2.05) is 19.1 Å². The molecule has 0 saturated heterocycles. The molecule has 0 atom stereocenters. The second-order valence-electron chi connectivity index (χ2n) is 6.05. The molecule has 5 heteroatoms. The van der Waals surface area contributed by atoms with E-state index in [1.54, 1.807) is 18.2 Å². The van der Waals surface area contributed by atoms with Crippen LogP contribution in [0, 0.1) is 5.82 Å². The third kappa shape index (κ3) is 4.03. The van der Waals surface area contributed by atoms with Gasteiger partial charge in [0.15, 0.2) is 23.2 Å². The molecular weight excluding hydrogens is 365 g/mol. The second-order valence-corrected chi connectivity index (χ2v) is 6.05. The minimum absolute atomic E-state index is 0.0305. The fourth-order valence-corrected chi connectivity index (χ4v) is 2.76. The first-order valence-corrected chi connectivity index (χ1v) is 8.71. The zero-order valence-corrected chi connectivity index (χ0v) is 15.5. The molecule has 0 aromatic heterocycles. The highest BCUT2D eigenvalue weighted by Crippen LogP contribution is 2.33. The number of ether oxygens (including phenoxy) is 2. The zero-order chi connectivity index (χ0) is 20.1. The highest BCUT2D eigenvalue weighted by Gasteiger charge is 2.14. The van der Waals surface area contributed by atoms with Gasteiger partial charge in [-0.1, -0.05) is 30.4 Å². The number of hydrogen-bond donors (Lipinski definition) is 0. The Morgan fingerprint density at radius 3 is 2.29 bits per heavy atom. The lowest BCUT2D eigenvalue weighted by atomic mass is 10.0. The lowest BCUT2D eigenvalue weighted by Crippen LogP contribution is -1.93. The molecule has 0 heterocycles. The Bertz CT molecular complexity index is 1040. The summed E-state index contributed by atoms with van der Waals surface area (Å²) in [7, 11) is 1.37. The van der Waals surface area contributed by atoms with Crippen LogP contribution in [-0.2, 0) is 0 Å². The van der Waals surface area contributed by atoms with Gasteiger partial charge in [-0.15, -0.1) is 0 Å². The fourth-order valence-electron chi connectivity index (χ4n) is 2.76. The van der Waals surface area contributed by atoms with E-state index in [-0.39, 0.29) is 22.3 Å². The average molecular weight is 384 g/mol. The maximum absolute atomic E-state index is 14.7. The van der Waals surface area contributed by atoms with Gasteiger partial charge in [0.1, 0.15) is 12.4 Å². The van der Waals surface area contributed by atoms with Crippen LogP contribution in [-0.4, -0.2) is 13.7 Å². The Labute approximate surface area is 161 Å². The summed E-state index contributed by atoms with van der Waals surface area (Å²) in [6.45, 7) is 2.29. The molecule has 2 nitrogen and oxygen atoms in total. The summed E-state index contributed by atoms with van der Waals surface area (Å²) < 4.78 is 53.9. The van der Waals surface area contributed by atoms with E-state index in [0.717, 1.165) is 0 Å². The van der Waals surface area contributed by atoms with E-state index in [4.69, 9.17) is 9.47 Å². The molecule has 0 aliphatic carbocycles. The first kappa shape index (κ1) is 19.5. The van der Waals surface area contributed by atoms with Crippen molar-refractivity contribution in [3.8, 4) is 11.5 Å². The summed E-state index contributed by atoms with van der Waals surface area (Å²) in [5.74, 6) is -1.89. The number of rotatable bonds is 6. The van der Waals surface area contributed by atoms with E-state index >= 15 is 0 Å². The van der Waals surface area contributed by atoms with Gasteiger partial charge >= 0.3 is 0 Å². The molecule has 28 heavy (non-hydrogen) atoms. The van der Waals surface area contributed by atoms with Gasteiger partial charge in [-0.3, -0.25) is 0 Å². The molecule has 0 bridgehead atoms. The third-order valence-corrected chi connectivity index (χ3v) is 4.27. The molecule has 0 radical (unpaired) electrons. The van der Waals surface area contributed by atoms with Crippen molar-refractivity contribution in [3.05, 3.63) is 83.7 Å². The van der Waals surface area contributed by atoms with Crippen molar-refractivity contribution in [2.75, 3.05) is 13.7 Å². The molecule has 3 aromatic carbocycles. The summed E-state index contributed by atoms with van der Waals surface area (Å²) in [6, 6.07) is 13.3. The van der Waals surface area contributed by atoms with Crippen LogP contribution in [0.2, 0.25) is 0 Å². The summed E-state index contributed by atoms with van der Waals surface area (Å²) in [5, 5.41) is 0.727. The molecule has 3 aromatic rings. The van der Waals surface area contributed by atoms with Crippen LogP contribution >= 0.6 is 0 Å². The standard InChI is InChI=1S/C23H19F3O2/c1-3-4-13-28-18-9-5-15(6-10-18)21(24)22(25)17-7-11-19-16(14-17)8-12-20(27-2)23(19)26/h3-12,14H,13H2,1-2H3. The molecule has 144 valence electrons. The molecule has 0 spiro atoms. The van der Waals surface area contributed by atoms with Gasteiger partial charge in [0.25, 0.3) is 0 Å². The Morgan fingerprint density at radius 1 is 0.929 bits per heavy atom. The highest BCUT2D eigenvalue weighted by molar-refractivity contribution is 5.91. The monoisotopic (exact) mass is 384 g/mol. The second kappa shape index (κ2) is 8.65. The molecule has 3 rings (SSSR count). The van der Waals surface area contributed by atoms with E-state index in [0.29, 0.717) is 17.7 Å². The summed E-state index contributed by atoms with van der Waals surface area (Å²) >= 11 is 0. The minimum Gasteiger partial charge on any atom is -0.494 e. The van der Waals surface area contributed by atoms with E-state index in [2.05, 4.69) is 0 Å². The molecule has 0 amide bonds. The van der Waals surface area contributed by atoms with Crippen LogP contribution < -0.4 is 9.47 Å². The van der Waals surface area contributed by atoms with Crippen molar-refractivity contribution in [2.24, 2.45) is 0 Å². The zero-order valence-electron chi connectivity index (χ0n) is 15.5. The number of hydrogen-bond acceptors (Lipinski definition) is 2. The van der Waals surface area contributed by atoms with Crippen molar-refractivity contribution < 1.29 is 22.6 Å². The molecule has 0 N–H and O–H groups in total. The molecule has 0 aliphatic heterocycles. The van der Waals surface area contributed by atoms with Gasteiger partial charge in [-0.05, 0) is 48.7 Å². The Morgan fingerprint density at radius 2 is 1.61 bits per heavy atom. The van der Waals surface area contributed by atoms with Crippen LogP contribution in [0.3, 0.4) is 0 Å². The van der Waals surface area contributed by atoms with E-state index in [9.17, 15) is 13.2 Å². The van der Waals surface area contributed by atoms with Crippen molar-refractivity contribution in [1.29, 1.82) is 0 Å². The van der Waals surface area contributed by atoms with Crippen molar-refractivity contribution >= 4 is 22.4 Å². The minimum atomic E-state index is -1.01. The Hall–Kier alpha value is -3.21. The van der Waals surface area contributed by atoms with Gasteiger partial charge < -0.3 is 9.47 Å². The predicted octanol–water partition coefficient (Wildman–Crippen LogP) is 6.71. The Kier molecular flexibility index (Phi) is 6.04. The van der Waals surface area contributed by atoms with Gasteiger partial charge in [0, 0.05) is 16.5 Å². The van der Waals surface area contributed by atoms with Gasteiger partial charge in [0.05, 0.1) is 7.11 Å². The Balaban J connectivity index is 1.90. The van der Waals surface area contributed by atoms with Gasteiger partial charge in [-0.25, -0.2) is 13.2 Å². The third-order valence-electron chi connectivity index (χ3n) is 4.27. The summed E-state index contributed by atoms with van der Waals surface area (Å²) in [5.41, 5.74) is 0.125. The van der Waals surface area contributed by atoms with E-state index < -0.39 is 17.5 Å². The molecule has 0 aliphatic rings. The quantitative estimate of drug-likeness (QED) is 0.347.